The Labute approximate surface area is 114 Å². The van der Waals surface area contributed by atoms with Gasteiger partial charge in [0.15, 0.2) is 0 Å². The Morgan fingerprint density at radius 3 is 2.60 bits per heavy atom. The minimum Gasteiger partial charge on any atom is -0.490 e. The van der Waals surface area contributed by atoms with Crippen LogP contribution in [-0.4, -0.2) is 23.9 Å². The van der Waals surface area contributed by atoms with Crippen LogP contribution in [0.25, 0.3) is 6.08 Å². The molecule has 1 aromatic rings. The van der Waals surface area contributed by atoms with Crippen LogP contribution in [0.15, 0.2) is 23.8 Å². The first-order chi connectivity index (χ1) is 9.52. The van der Waals surface area contributed by atoms with E-state index in [0.29, 0.717) is 0 Å². The molecule has 0 aliphatic carbocycles. The van der Waals surface area contributed by atoms with Gasteiger partial charge in [0.1, 0.15) is 17.4 Å². The van der Waals surface area contributed by atoms with Gasteiger partial charge >= 0.3 is 6.03 Å². The van der Waals surface area contributed by atoms with Crippen LogP contribution in [-0.2, 0) is 16.0 Å². The van der Waals surface area contributed by atoms with Crippen molar-refractivity contribution in [2.24, 2.45) is 0 Å². The molecular weight excluding hydrogens is 260 g/mol. The predicted molar refractivity (Wildman–Crippen MR) is 69.9 cm³/mol. The summed E-state index contributed by atoms with van der Waals surface area (Å²) in [5.41, 5.74) is 1.67. The summed E-state index contributed by atoms with van der Waals surface area (Å²) < 4.78 is 5.58. The highest BCUT2D eigenvalue weighted by Gasteiger charge is 2.28. The molecule has 2 heterocycles. The molecule has 6 nitrogen and oxygen atoms in total. The van der Waals surface area contributed by atoms with E-state index in [1.54, 1.807) is 6.07 Å². The number of nitrogens with one attached hydrogen (secondary N) is 2. The maximum Gasteiger partial charge on any atom is 0.328 e. The SMILES string of the molecule is C[C@@H]1Cc2cc(C=C3C(=O)NC(=O)NC3=O)ccc2O1. The first-order valence-corrected chi connectivity index (χ1v) is 6.21. The van der Waals surface area contributed by atoms with Crippen LogP contribution in [0.3, 0.4) is 0 Å². The third-order valence-corrected chi connectivity index (χ3v) is 3.17. The molecule has 0 spiro atoms. The number of rotatable bonds is 1. The van der Waals surface area contributed by atoms with Gasteiger partial charge in [0.2, 0.25) is 0 Å². The lowest BCUT2D eigenvalue weighted by Crippen LogP contribution is -2.51. The van der Waals surface area contributed by atoms with E-state index in [2.05, 4.69) is 0 Å². The van der Waals surface area contributed by atoms with Gasteiger partial charge in [-0.1, -0.05) is 6.07 Å². The van der Waals surface area contributed by atoms with Gasteiger partial charge in [0, 0.05) is 6.42 Å². The number of amides is 4. The standard InChI is InChI=1S/C14H12N2O4/c1-7-4-9-5-8(2-3-11(9)20-7)6-10-12(17)15-14(19)16-13(10)18/h2-3,5-7H,4H2,1H3,(H2,15,16,17,18,19)/t7-/m1/s1. The lowest BCUT2D eigenvalue weighted by atomic mass is 10.0. The van der Waals surface area contributed by atoms with Crippen LogP contribution >= 0.6 is 0 Å². The van der Waals surface area contributed by atoms with Crippen molar-refractivity contribution in [3.8, 4) is 5.75 Å². The van der Waals surface area contributed by atoms with E-state index in [1.165, 1.54) is 6.08 Å². The molecule has 3 rings (SSSR count). The molecule has 0 aromatic heterocycles. The fourth-order valence-electron chi connectivity index (χ4n) is 2.30. The summed E-state index contributed by atoms with van der Waals surface area (Å²) in [6, 6.07) is 4.66. The Hall–Kier alpha value is -2.63. The van der Waals surface area contributed by atoms with Crippen molar-refractivity contribution in [2.75, 3.05) is 0 Å². The molecule has 1 atom stereocenters. The average molecular weight is 272 g/mol. The Morgan fingerprint density at radius 2 is 1.90 bits per heavy atom. The maximum absolute atomic E-state index is 11.6. The van der Waals surface area contributed by atoms with Gasteiger partial charge < -0.3 is 4.74 Å². The molecule has 1 fully saturated rings. The number of hydrogen-bond donors (Lipinski definition) is 2. The van der Waals surface area contributed by atoms with Gasteiger partial charge in [-0.2, -0.15) is 0 Å². The fourth-order valence-corrected chi connectivity index (χ4v) is 2.30. The Morgan fingerprint density at radius 1 is 1.20 bits per heavy atom. The van der Waals surface area contributed by atoms with Gasteiger partial charge in [-0.05, 0) is 36.3 Å². The van der Waals surface area contributed by atoms with E-state index >= 15 is 0 Å². The second-order valence-corrected chi connectivity index (χ2v) is 4.80. The van der Waals surface area contributed by atoms with Crippen LogP contribution in [0.5, 0.6) is 5.75 Å². The molecule has 2 N–H and O–H groups in total. The fraction of sp³-hybridized carbons (Fsp3) is 0.214. The molecule has 2 aliphatic rings. The molecule has 0 bridgehead atoms. The van der Waals surface area contributed by atoms with E-state index in [1.807, 2.05) is 29.7 Å². The van der Waals surface area contributed by atoms with Gasteiger partial charge in [0.25, 0.3) is 11.8 Å². The maximum atomic E-state index is 11.6. The zero-order valence-corrected chi connectivity index (χ0v) is 10.7. The van der Waals surface area contributed by atoms with Crippen LogP contribution in [0.1, 0.15) is 18.1 Å². The van der Waals surface area contributed by atoms with E-state index in [9.17, 15) is 14.4 Å². The van der Waals surface area contributed by atoms with Crippen LogP contribution in [0.4, 0.5) is 4.79 Å². The molecule has 0 unspecified atom stereocenters. The third-order valence-electron chi connectivity index (χ3n) is 3.17. The highest BCUT2D eigenvalue weighted by atomic mass is 16.5. The number of carbonyl (C=O) groups excluding carboxylic acids is 3. The van der Waals surface area contributed by atoms with E-state index in [-0.39, 0.29) is 11.7 Å². The number of ether oxygens (including phenoxy) is 1. The Bertz CT molecular complexity index is 641. The number of imide groups is 2. The van der Waals surface area contributed by atoms with Crippen molar-refractivity contribution in [3.05, 3.63) is 34.9 Å². The number of carbonyl (C=O) groups is 3. The number of fused-ring (bicyclic) bond motifs is 1. The molecule has 102 valence electrons. The number of hydrogen-bond acceptors (Lipinski definition) is 4. The first-order valence-electron chi connectivity index (χ1n) is 6.21. The Balaban J connectivity index is 1.93. The smallest absolute Gasteiger partial charge is 0.328 e. The largest absolute Gasteiger partial charge is 0.490 e. The molecule has 2 aliphatic heterocycles. The second-order valence-electron chi connectivity index (χ2n) is 4.80. The predicted octanol–water partition coefficient (Wildman–Crippen LogP) is 0.759. The summed E-state index contributed by atoms with van der Waals surface area (Å²) in [6.07, 6.45) is 2.38. The average Bonchev–Trinajstić information content (AvgIpc) is 2.73. The summed E-state index contributed by atoms with van der Waals surface area (Å²) in [6.45, 7) is 1.98. The molecule has 20 heavy (non-hydrogen) atoms. The third kappa shape index (κ3) is 2.16. The van der Waals surface area contributed by atoms with Crippen molar-refractivity contribution in [3.63, 3.8) is 0 Å². The number of benzene rings is 1. The monoisotopic (exact) mass is 272 g/mol. The van der Waals surface area contributed by atoms with E-state index in [0.717, 1.165) is 23.3 Å². The lowest BCUT2D eigenvalue weighted by Gasteiger charge is -2.13. The lowest BCUT2D eigenvalue weighted by molar-refractivity contribution is -0.123. The minimum absolute atomic E-state index is 0.0866. The normalized spacial score (nSPS) is 20.9. The zero-order chi connectivity index (χ0) is 14.3. The molecule has 1 saturated heterocycles. The molecule has 4 amide bonds. The Kier molecular flexibility index (Phi) is 2.78. The topological polar surface area (TPSA) is 84.5 Å². The van der Waals surface area contributed by atoms with Crippen molar-refractivity contribution < 1.29 is 19.1 Å². The van der Waals surface area contributed by atoms with E-state index in [4.69, 9.17) is 4.74 Å². The second kappa shape index (κ2) is 4.48. The highest BCUT2D eigenvalue weighted by molar-refractivity contribution is 6.31. The molecule has 0 saturated carbocycles. The quantitative estimate of drug-likeness (QED) is 0.584. The van der Waals surface area contributed by atoms with Gasteiger partial charge in [-0.3, -0.25) is 20.2 Å². The number of urea groups is 1. The summed E-state index contributed by atoms with van der Waals surface area (Å²) in [7, 11) is 0. The summed E-state index contributed by atoms with van der Waals surface area (Å²) in [4.78, 5) is 34.2. The van der Waals surface area contributed by atoms with Gasteiger partial charge in [-0.25, -0.2) is 4.79 Å². The van der Waals surface area contributed by atoms with Gasteiger partial charge in [-0.15, -0.1) is 0 Å². The van der Waals surface area contributed by atoms with Gasteiger partial charge in [0.05, 0.1) is 0 Å². The highest BCUT2D eigenvalue weighted by Crippen LogP contribution is 2.30. The number of barbiturate groups is 1. The summed E-state index contributed by atoms with van der Waals surface area (Å²) in [5.74, 6) is -0.555. The molecule has 6 heteroatoms. The zero-order valence-electron chi connectivity index (χ0n) is 10.7. The van der Waals surface area contributed by atoms with Crippen LogP contribution < -0.4 is 15.4 Å². The molecule has 0 radical (unpaired) electrons. The summed E-state index contributed by atoms with van der Waals surface area (Å²) >= 11 is 0. The van der Waals surface area contributed by atoms with E-state index < -0.39 is 17.8 Å². The minimum atomic E-state index is -0.798. The molecule has 1 aromatic carbocycles. The summed E-state index contributed by atoms with van der Waals surface area (Å²) in [5, 5.41) is 4.07. The van der Waals surface area contributed by atoms with Crippen LogP contribution in [0.2, 0.25) is 0 Å². The van der Waals surface area contributed by atoms with Crippen LogP contribution in [0, 0.1) is 0 Å². The van der Waals surface area contributed by atoms with Crippen molar-refractivity contribution in [2.45, 2.75) is 19.4 Å². The first kappa shape index (κ1) is 12.4. The molecular formula is C14H12N2O4. The van der Waals surface area contributed by atoms with Crippen molar-refractivity contribution in [1.82, 2.24) is 10.6 Å². The van der Waals surface area contributed by atoms with Crippen molar-refractivity contribution in [1.29, 1.82) is 0 Å². The van der Waals surface area contributed by atoms with Crippen molar-refractivity contribution >= 4 is 23.9 Å².